The van der Waals surface area contributed by atoms with Crippen LogP contribution in [0.5, 0.6) is 5.75 Å². The molecule has 0 radical (unpaired) electrons. The van der Waals surface area contributed by atoms with Gasteiger partial charge in [-0.25, -0.2) is 17.9 Å². The summed E-state index contributed by atoms with van der Waals surface area (Å²) in [7, 11) is -0.911. The number of halogens is 2. The molecule has 3 aromatic rings. The molecule has 2 aliphatic heterocycles. The number of urea groups is 1. The van der Waals surface area contributed by atoms with E-state index in [0.29, 0.717) is 47.5 Å². The number of amides is 3. The van der Waals surface area contributed by atoms with Crippen molar-refractivity contribution in [2.24, 2.45) is 4.99 Å². The predicted molar refractivity (Wildman–Crippen MR) is 194 cm³/mol. The number of amidine groups is 1. The van der Waals surface area contributed by atoms with E-state index in [4.69, 9.17) is 37.7 Å². The minimum atomic E-state index is -4.00. The van der Waals surface area contributed by atoms with E-state index >= 15 is 0 Å². The number of methoxy groups -OCH3 is 1. The SMILES string of the molecule is CCOc1ccc(S(=O)(=O)N[C@H](C)COC)cc1C1=N[C@@H](c2ccc(Cl)cc2)[C@@H](c2ccc(Cl)cc2)N1C(=O)N1CCN(CC(=O)NC)CC1. The third-order valence-electron chi connectivity index (χ3n) is 8.56. The zero-order valence-electron chi connectivity index (χ0n) is 28.4. The highest BCUT2D eigenvalue weighted by atomic mass is 35.5. The minimum absolute atomic E-state index is 0.0187. The van der Waals surface area contributed by atoms with Gasteiger partial charge in [0.1, 0.15) is 17.6 Å². The molecule has 5 rings (SSSR count). The Bertz CT molecular complexity index is 1800. The van der Waals surface area contributed by atoms with Crippen LogP contribution in [0.2, 0.25) is 10.0 Å². The highest BCUT2D eigenvalue weighted by Gasteiger charge is 2.45. The normalized spacial score (nSPS) is 18.9. The van der Waals surface area contributed by atoms with Gasteiger partial charge in [-0.15, -0.1) is 0 Å². The molecule has 3 amide bonds. The molecule has 0 aliphatic carbocycles. The van der Waals surface area contributed by atoms with E-state index in [1.165, 1.54) is 19.2 Å². The Kier molecular flexibility index (Phi) is 12.4. The van der Waals surface area contributed by atoms with Gasteiger partial charge >= 0.3 is 6.03 Å². The molecule has 0 spiro atoms. The van der Waals surface area contributed by atoms with Gasteiger partial charge in [-0.3, -0.25) is 19.6 Å². The number of likely N-dealkylation sites (N-methyl/N-ethyl adjacent to an activating group) is 1. The molecular formula is C35H42Cl2N6O6S. The van der Waals surface area contributed by atoms with Crippen LogP contribution in [0.1, 0.15) is 42.6 Å². The maximum atomic E-state index is 14.9. The number of hydrogen-bond donors (Lipinski definition) is 2. The number of carbonyl (C=O) groups excluding carboxylic acids is 2. The lowest BCUT2D eigenvalue weighted by Gasteiger charge is -2.39. The molecule has 1 saturated heterocycles. The largest absolute Gasteiger partial charge is 0.493 e. The second-order valence-corrected chi connectivity index (χ2v) is 14.7. The number of rotatable bonds is 12. The maximum Gasteiger partial charge on any atom is 0.326 e. The quantitative estimate of drug-likeness (QED) is 0.274. The number of ether oxygens (including phenoxy) is 2. The van der Waals surface area contributed by atoms with Gasteiger partial charge in [-0.1, -0.05) is 47.5 Å². The fourth-order valence-corrected chi connectivity index (χ4v) is 7.64. The third kappa shape index (κ3) is 8.59. The summed E-state index contributed by atoms with van der Waals surface area (Å²) in [5, 5.41) is 3.73. The topological polar surface area (TPSA) is 133 Å². The van der Waals surface area contributed by atoms with Crippen molar-refractivity contribution < 1.29 is 27.5 Å². The van der Waals surface area contributed by atoms with Crippen molar-refractivity contribution >= 4 is 51.0 Å². The summed E-state index contributed by atoms with van der Waals surface area (Å²) >= 11 is 12.6. The van der Waals surface area contributed by atoms with Crippen molar-refractivity contribution in [3.8, 4) is 5.75 Å². The fourth-order valence-electron chi connectivity index (χ4n) is 6.14. The lowest BCUT2D eigenvalue weighted by Crippen LogP contribution is -2.55. The third-order valence-corrected chi connectivity index (χ3v) is 10.7. The molecule has 2 aliphatic rings. The standard InChI is InChI=1S/C35H42Cl2N6O6S/c1-5-49-30-15-14-28(50(46,47)40-23(2)22-48-4)20-29(30)34-39-32(24-6-10-26(36)11-7-24)33(25-8-12-27(37)13-9-25)43(34)35(45)42-18-16-41(17-19-42)21-31(44)38-3/h6-15,20,23,32-33,40H,5,16-19,21-22H2,1-4H3,(H,38,44)/t23-,32+,33-/m1/s1. The molecule has 2 heterocycles. The van der Waals surface area contributed by atoms with Crippen LogP contribution in [0.3, 0.4) is 0 Å². The Morgan fingerprint density at radius 1 is 0.960 bits per heavy atom. The Balaban J connectivity index is 1.65. The predicted octanol–water partition coefficient (Wildman–Crippen LogP) is 4.73. The zero-order valence-corrected chi connectivity index (χ0v) is 30.8. The van der Waals surface area contributed by atoms with Crippen LogP contribution in [0, 0.1) is 0 Å². The maximum absolute atomic E-state index is 14.9. The molecule has 3 aromatic carbocycles. The first-order chi connectivity index (χ1) is 23.9. The number of piperazine rings is 1. The van der Waals surface area contributed by atoms with Crippen LogP contribution in [-0.4, -0.2) is 107 Å². The lowest BCUT2D eigenvalue weighted by atomic mass is 9.93. The zero-order chi connectivity index (χ0) is 36.0. The Morgan fingerprint density at radius 2 is 1.58 bits per heavy atom. The molecule has 0 aromatic heterocycles. The Morgan fingerprint density at radius 3 is 2.16 bits per heavy atom. The number of hydrogen-bond acceptors (Lipinski definition) is 8. The summed E-state index contributed by atoms with van der Waals surface area (Å²) in [5.74, 6) is 0.528. The summed E-state index contributed by atoms with van der Waals surface area (Å²) in [6.45, 7) is 5.96. The molecule has 12 nitrogen and oxygen atoms in total. The van der Waals surface area contributed by atoms with E-state index in [-0.39, 0.29) is 42.4 Å². The van der Waals surface area contributed by atoms with Gasteiger partial charge in [0.25, 0.3) is 0 Å². The number of nitrogens with one attached hydrogen (secondary N) is 2. The Hall–Kier alpha value is -3.72. The van der Waals surface area contributed by atoms with Gasteiger partial charge in [0.2, 0.25) is 15.9 Å². The minimum Gasteiger partial charge on any atom is -0.493 e. The van der Waals surface area contributed by atoms with Gasteiger partial charge in [-0.05, 0) is 67.4 Å². The van der Waals surface area contributed by atoms with E-state index in [1.54, 1.807) is 54.1 Å². The van der Waals surface area contributed by atoms with Crippen molar-refractivity contribution in [3.63, 3.8) is 0 Å². The number of nitrogens with zero attached hydrogens (tertiary/aromatic N) is 4. The van der Waals surface area contributed by atoms with E-state index < -0.39 is 28.1 Å². The first kappa shape index (κ1) is 37.5. The number of sulfonamides is 1. The summed E-state index contributed by atoms with van der Waals surface area (Å²) < 4.78 is 41.0. The second kappa shape index (κ2) is 16.5. The summed E-state index contributed by atoms with van der Waals surface area (Å²) in [4.78, 5) is 37.5. The molecule has 0 unspecified atom stereocenters. The van der Waals surface area contributed by atoms with Crippen molar-refractivity contribution in [3.05, 3.63) is 93.5 Å². The van der Waals surface area contributed by atoms with Gasteiger partial charge in [0.15, 0.2) is 0 Å². The molecule has 3 atom stereocenters. The lowest BCUT2D eigenvalue weighted by molar-refractivity contribution is -0.122. The summed E-state index contributed by atoms with van der Waals surface area (Å²) in [6.07, 6.45) is 0. The van der Waals surface area contributed by atoms with Crippen molar-refractivity contribution in [1.82, 2.24) is 24.7 Å². The van der Waals surface area contributed by atoms with Crippen molar-refractivity contribution in [2.45, 2.75) is 36.9 Å². The number of benzene rings is 3. The highest BCUT2D eigenvalue weighted by molar-refractivity contribution is 7.89. The number of carbonyl (C=O) groups is 2. The van der Waals surface area contributed by atoms with Crippen LogP contribution >= 0.6 is 23.2 Å². The molecule has 2 N–H and O–H groups in total. The van der Waals surface area contributed by atoms with Crippen LogP contribution in [-0.2, 0) is 19.6 Å². The van der Waals surface area contributed by atoms with Crippen molar-refractivity contribution in [2.75, 3.05) is 60.1 Å². The molecule has 268 valence electrons. The second-order valence-electron chi connectivity index (χ2n) is 12.1. The van der Waals surface area contributed by atoms with Gasteiger partial charge in [0, 0.05) is 56.4 Å². The molecule has 0 bridgehead atoms. The smallest absolute Gasteiger partial charge is 0.326 e. The van der Waals surface area contributed by atoms with Crippen molar-refractivity contribution in [1.29, 1.82) is 0 Å². The van der Waals surface area contributed by atoms with E-state index in [0.717, 1.165) is 11.1 Å². The van der Waals surface area contributed by atoms with E-state index in [2.05, 4.69) is 10.0 Å². The molecule has 50 heavy (non-hydrogen) atoms. The van der Waals surface area contributed by atoms with Crippen LogP contribution in [0.25, 0.3) is 0 Å². The first-order valence-electron chi connectivity index (χ1n) is 16.3. The molecular weight excluding hydrogens is 703 g/mol. The molecule has 0 saturated carbocycles. The summed E-state index contributed by atoms with van der Waals surface area (Å²) in [6, 6.07) is 17.0. The van der Waals surface area contributed by atoms with Crippen LogP contribution < -0.4 is 14.8 Å². The summed E-state index contributed by atoms with van der Waals surface area (Å²) in [5.41, 5.74) is 1.92. The molecule has 1 fully saturated rings. The number of aliphatic imine (C=N–C) groups is 1. The first-order valence-corrected chi connectivity index (χ1v) is 18.6. The monoisotopic (exact) mass is 744 g/mol. The fraction of sp³-hybridized carbons (Fsp3) is 0.400. The molecule has 15 heteroatoms. The van der Waals surface area contributed by atoms with E-state index in [9.17, 15) is 18.0 Å². The average Bonchev–Trinajstić information content (AvgIpc) is 3.49. The van der Waals surface area contributed by atoms with Gasteiger partial charge in [-0.2, -0.15) is 0 Å². The highest BCUT2D eigenvalue weighted by Crippen LogP contribution is 2.45. The van der Waals surface area contributed by atoms with Crippen LogP contribution in [0.4, 0.5) is 4.79 Å². The van der Waals surface area contributed by atoms with Gasteiger partial charge in [0.05, 0.1) is 36.3 Å². The van der Waals surface area contributed by atoms with E-state index in [1.807, 2.05) is 36.1 Å². The van der Waals surface area contributed by atoms with Crippen LogP contribution in [0.15, 0.2) is 76.6 Å². The van der Waals surface area contributed by atoms with Gasteiger partial charge < -0.3 is 19.7 Å². The average molecular weight is 746 g/mol. The Labute approximate surface area is 303 Å².